The van der Waals surface area contributed by atoms with Crippen molar-refractivity contribution in [1.82, 2.24) is 4.57 Å². The highest BCUT2D eigenvalue weighted by Crippen LogP contribution is 2.28. The molecule has 5 heteroatoms. The summed E-state index contributed by atoms with van der Waals surface area (Å²) in [5, 5.41) is 9.85. The summed E-state index contributed by atoms with van der Waals surface area (Å²) in [7, 11) is 1.58. The Bertz CT molecular complexity index is 858. The van der Waals surface area contributed by atoms with E-state index >= 15 is 0 Å². The smallest absolute Gasteiger partial charge is 0.303 e. The molecule has 0 aliphatic rings. The lowest BCUT2D eigenvalue weighted by Crippen LogP contribution is -2.12. The number of benzene rings is 1. The van der Waals surface area contributed by atoms with Crippen LogP contribution in [0.25, 0.3) is 10.9 Å². The summed E-state index contributed by atoms with van der Waals surface area (Å²) in [5.41, 5.74) is 2.33. The van der Waals surface area contributed by atoms with Gasteiger partial charge >= 0.3 is 5.97 Å². The molecule has 0 spiro atoms. The second-order valence-corrected chi connectivity index (χ2v) is 5.99. The normalized spacial score (nSPS) is 12.0. The third-order valence-corrected chi connectivity index (χ3v) is 4.31. The Kier molecular flexibility index (Phi) is 6.78. The molecule has 1 aromatic carbocycles. The van der Waals surface area contributed by atoms with Crippen LogP contribution < -0.4 is 4.74 Å². The number of aryl methyl sites for hydroxylation is 1. The fourth-order valence-electron chi connectivity index (χ4n) is 2.90. The van der Waals surface area contributed by atoms with Crippen LogP contribution in [0, 0.1) is 0 Å². The highest BCUT2D eigenvalue weighted by molar-refractivity contribution is 6.03. The van der Waals surface area contributed by atoms with Gasteiger partial charge in [0, 0.05) is 23.6 Å². The molecule has 0 bridgehead atoms. The lowest BCUT2D eigenvalue weighted by atomic mass is 10.1. The number of methoxy groups -OCH3 is 1. The van der Waals surface area contributed by atoms with E-state index in [1.165, 1.54) is 0 Å². The monoisotopic (exact) mass is 355 g/mol. The molecule has 0 amide bonds. The quantitative estimate of drug-likeness (QED) is 0.554. The average Bonchev–Trinajstić information content (AvgIpc) is 3.01. The largest absolute Gasteiger partial charge is 0.497 e. The van der Waals surface area contributed by atoms with Crippen LogP contribution >= 0.6 is 0 Å². The SMILES string of the molecule is C/C=C\C/C=C(\CC)C(=O)n1cc(CCC(=O)O)c2cc(OC)ccc21. The topological polar surface area (TPSA) is 68.5 Å². The van der Waals surface area contributed by atoms with E-state index in [1.807, 2.05) is 50.3 Å². The molecule has 26 heavy (non-hydrogen) atoms. The van der Waals surface area contributed by atoms with Gasteiger partial charge in [-0.15, -0.1) is 0 Å². The molecule has 2 aromatic rings. The lowest BCUT2D eigenvalue weighted by Gasteiger charge is -2.07. The fraction of sp³-hybridized carbons (Fsp3) is 0.333. The van der Waals surface area contributed by atoms with E-state index in [0.717, 1.165) is 22.0 Å². The van der Waals surface area contributed by atoms with Crippen LogP contribution in [-0.4, -0.2) is 28.7 Å². The fourth-order valence-corrected chi connectivity index (χ4v) is 2.90. The third kappa shape index (κ3) is 4.42. The van der Waals surface area contributed by atoms with Crippen LogP contribution in [0.1, 0.15) is 43.5 Å². The number of rotatable bonds is 8. The Morgan fingerprint density at radius 3 is 2.69 bits per heavy atom. The first-order valence-electron chi connectivity index (χ1n) is 8.76. The zero-order valence-electron chi connectivity index (χ0n) is 15.5. The molecule has 2 rings (SSSR count). The van der Waals surface area contributed by atoms with E-state index in [4.69, 9.17) is 9.84 Å². The van der Waals surface area contributed by atoms with Crippen molar-refractivity contribution in [2.75, 3.05) is 7.11 Å². The van der Waals surface area contributed by atoms with Crippen molar-refractivity contribution in [3.05, 3.63) is 53.8 Å². The maximum atomic E-state index is 13.0. The minimum absolute atomic E-state index is 0.0162. The summed E-state index contributed by atoms with van der Waals surface area (Å²) in [4.78, 5) is 24.0. The average molecular weight is 355 g/mol. The van der Waals surface area contributed by atoms with Gasteiger partial charge in [0.25, 0.3) is 5.91 Å². The number of aromatic nitrogens is 1. The molecular weight excluding hydrogens is 330 g/mol. The highest BCUT2D eigenvalue weighted by atomic mass is 16.5. The van der Waals surface area contributed by atoms with Gasteiger partial charge in [-0.05, 0) is 49.9 Å². The standard InChI is InChI=1S/C21H25NO4/c1-4-6-7-8-15(5-2)21(25)22-14-16(9-12-20(23)24)18-13-17(26-3)10-11-19(18)22/h4,6,8,10-11,13-14H,5,7,9,12H2,1-3H3,(H,23,24)/b6-4-,15-8+. The number of hydrogen-bond acceptors (Lipinski definition) is 3. The van der Waals surface area contributed by atoms with E-state index in [-0.39, 0.29) is 12.3 Å². The second-order valence-electron chi connectivity index (χ2n) is 5.99. The first kappa shape index (κ1) is 19.5. The number of nitrogens with zero attached hydrogens (tertiary/aromatic N) is 1. The van der Waals surface area contributed by atoms with Gasteiger partial charge in [0.1, 0.15) is 5.75 Å². The van der Waals surface area contributed by atoms with Crippen molar-refractivity contribution in [2.24, 2.45) is 0 Å². The Hall–Kier alpha value is -2.82. The molecule has 1 aromatic heterocycles. The summed E-state index contributed by atoms with van der Waals surface area (Å²) < 4.78 is 6.90. The minimum atomic E-state index is -0.861. The van der Waals surface area contributed by atoms with Gasteiger partial charge < -0.3 is 9.84 Å². The van der Waals surface area contributed by atoms with Gasteiger partial charge in [-0.1, -0.05) is 25.2 Å². The van der Waals surface area contributed by atoms with Crippen LogP contribution in [-0.2, 0) is 11.2 Å². The number of hydrogen-bond donors (Lipinski definition) is 1. The Balaban J connectivity index is 2.50. The van der Waals surface area contributed by atoms with E-state index in [9.17, 15) is 9.59 Å². The van der Waals surface area contributed by atoms with Gasteiger partial charge in [-0.3, -0.25) is 14.2 Å². The van der Waals surface area contributed by atoms with Gasteiger partial charge in [-0.25, -0.2) is 0 Å². The van der Waals surface area contributed by atoms with Crippen molar-refractivity contribution in [3.63, 3.8) is 0 Å². The molecule has 0 saturated heterocycles. The number of allylic oxidation sites excluding steroid dienone is 4. The van der Waals surface area contributed by atoms with Gasteiger partial charge in [0.05, 0.1) is 12.6 Å². The molecular formula is C21H25NO4. The number of carboxylic acids is 1. The van der Waals surface area contributed by atoms with Crippen molar-refractivity contribution >= 4 is 22.8 Å². The number of carboxylic acid groups (broad SMARTS) is 1. The first-order chi connectivity index (χ1) is 12.5. The Morgan fingerprint density at radius 1 is 1.31 bits per heavy atom. The van der Waals surface area contributed by atoms with Crippen molar-refractivity contribution in [1.29, 1.82) is 0 Å². The Labute approximate surface area is 153 Å². The molecule has 0 radical (unpaired) electrons. The third-order valence-electron chi connectivity index (χ3n) is 4.31. The lowest BCUT2D eigenvalue weighted by molar-refractivity contribution is -0.136. The molecule has 1 heterocycles. The molecule has 1 N–H and O–H groups in total. The second kappa shape index (κ2) is 9.04. The van der Waals surface area contributed by atoms with Crippen LogP contribution in [0.15, 0.2) is 48.2 Å². The summed E-state index contributed by atoms with van der Waals surface area (Å²) in [6.07, 6.45) is 9.38. The zero-order chi connectivity index (χ0) is 19.1. The maximum Gasteiger partial charge on any atom is 0.303 e. The van der Waals surface area contributed by atoms with Crippen LogP contribution in [0.4, 0.5) is 0 Å². The van der Waals surface area contributed by atoms with Gasteiger partial charge in [0.2, 0.25) is 0 Å². The predicted molar refractivity (Wildman–Crippen MR) is 103 cm³/mol. The molecule has 5 nitrogen and oxygen atoms in total. The minimum Gasteiger partial charge on any atom is -0.497 e. The number of ether oxygens (including phenoxy) is 1. The molecule has 0 unspecified atom stereocenters. The number of carbonyl (C=O) groups excluding carboxylic acids is 1. The molecule has 0 fully saturated rings. The van der Waals surface area contributed by atoms with E-state index in [0.29, 0.717) is 25.0 Å². The van der Waals surface area contributed by atoms with Gasteiger partial charge in [0.15, 0.2) is 0 Å². The molecule has 0 aliphatic carbocycles. The van der Waals surface area contributed by atoms with Crippen LogP contribution in [0.3, 0.4) is 0 Å². The summed E-state index contributed by atoms with van der Waals surface area (Å²) >= 11 is 0. The molecule has 0 aliphatic heterocycles. The number of fused-ring (bicyclic) bond motifs is 1. The van der Waals surface area contributed by atoms with E-state index < -0.39 is 5.97 Å². The van der Waals surface area contributed by atoms with Crippen molar-refractivity contribution in [3.8, 4) is 5.75 Å². The maximum absolute atomic E-state index is 13.0. The molecule has 138 valence electrons. The van der Waals surface area contributed by atoms with Crippen molar-refractivity contribution in [2.45, 2.75) is 39.5 Å². The first-order valence-corrected chi connectivity index (χ1v) is 8.76. The highest BCUT2D eigenvalue weighted by Gasteiger charge is 2.17. The van der Waals surface area contributed by atoms with Crippen LogP contribution in [0.2, 0.25) is 0 Å². The molecule has 0 saturated carbocycles. The summed E-state index contributed by atoms with van der Waals surface area (Å²) in [6, 6.07) is 5.50. The van der Waals surface area contributed by atoms with Crippen LogP contribution in [0.5, 0.6) is 5.75 Å². The van der Waals surface area contributed by atoms with Gasteiger partial charge in [-0.2, -0.15) is 0 Å². The predicted octanol–water partition coefficient (Wildman–Crippen LogP) is 4.61. The summed E-state index contributed by atoms with van der Waals surface area (Å²) in [6.45, 7) is 3.91. The van der Waals surface area contributed by atoms with E-state index in [1.54, 1.807) is 17.9 Å². The van der Waals surface area contributed by atoms with E-state index in [2.05, 4.69) is 0 Å². The van der Waals surface area contributed by atoms with Crippen molar-refractivity contribution < 1.29 is 19.4 Å². The zero-order valence-corrected chi connectivity index (χ0v) is 15.5. The summed E-state index contributed by atoms with van der Waals surface area (Å²) in [5.74, 6) is -0.257. The molecule has 0 atom stereocenters. The number of aliphatic carboxylic acids is 1. The Morgan fingerprint density at radius 2 is 2.08 bits per heavy atom. The number of carbonyl (C=O) groups is 2.